The van der Waals surface area contributed by atoms with Crippen molar-refractivity contribution in [3.8, 4) is 0 Å². The predicted molar refractivity (Wildman–Crippen MR) is 70.4 cm³/mol. The van der Waals surface area contributed by atoms with Crippen LogP contribution < -0.4 is 5.73 Å². The zero-order chi connectivity index (χ0) is 13.1. The average molecular weight is 269 g/mol. The maximum atomic E-state index is 11.9. The van der Waals surface area contributed by atoms with Gasteiger partial charge >= 0.3 is 0 Å². The van der Waals surface area contributed by atoms with Crippen LogP contribution in [0, 0.1) is 0 Å². The third kappa shape index (κ3) is 2.83. The minimum absolute atomic E-state index is 0.0460. The van der Waals surface area contributed by atoms with Crippen molar-refractivity contribution in [2.45, 2.75) is 19.1 Å². The molecule has 2 rings (SSSR count). The van der Waals surface area contributed by atoms with E-state index in [0.29, 0.717) is 24.7 Å². The molecular formula is C13H17ClN2O2. The van der Waals surface area contributed by atoms with E-state index in [9.17, 15) is 4.79 Å². The van der Waals surface area contributed by atoms with E-state index in [1.807, 2.05) is 24.3 Å². The maximum Gasteiger partial charge on any atom is 0.239 e. The maximum absolute atomic E-state index is 11.9. The van der Waals surface area contributed by atoms with E-state index in [0.717, 1.165) is 5.56 Å². The van der Waals surface area contributed by atoms with Gasteiger partial charge in [-0.3, -0.25) is 4.79 Å². The van der Waals surface area contributed by atoms with E-state index in [4.69, 9.17) is 22.1 Å². The molecule has 2 N–H and O–H groups in total. The van der Waals surface area contributed by atoms with Gasteiger partial charge in [-0.1, -0.05) is 29.8 Å². The molecule has 0 aromatic heterocycles. The van der Waals surface area contributed by atoms with Crippen molar-refractivity contribution in [2.24, 2.45) is 5.73 Å². The van der Waals surface area contributed by atoms with Crippen LogP contribution in [0.25, 0.3) is 0 Å². The van der Waals surface area contributed by atoms with Crippen LogP contribution in [0.4, 0.5) is 0 Å². The standard InChI is InChI=1S/C13H17ClN2O2/c1-9(15)13(17)16-6-7-18-12(8-16)10-4-2-3-5-11(10)14/h2-5,9,12H,6-8,15H2,1H3/t9-,12-/m1/s1. The molecule has 1 fully saturated rings. The predicted octanol–water partition coefficient (Wildman–Crippen LogP) is 1.59. The molecule has 0 saturated carbocycles. The highest BCUT2D eigenvalue weighted by atomic mass is 35.5. The lowest BCUT2D eigenvalue weighted by Crippen LogP contribution is -2.48. The van der Waals surface area contributed by atoms with Crippen LogP contribution in [0.1, 0.15) is 18.6 Å². The molecule has 1 aromatic rings. The van der Waals surface area contributed by atoms with Crippen molar-refractivity contribution in [1.82, 2.24) is 4.90 Å². The first-order valence-corrected chi connectivity index (χ1v) is 6.38. The summed E-state index contributed by atoms with van der Waals surface area (Å²) in [5.41, 5.74) is 6.54. The molecule has 0 radical (unpaired) electrons. The molecule has 0 aliphatic carbocycles. The lowest BCUT2D eigenvalue weighted by atomic mass is 10.1. The number of hydrogen-bond donors (Lipinski definition) is 1. The Morgan fingerprint density at radius 3 is 2.94 bits per heavy atom. The van der Waals surface area contributed by atoms with Gasteiger partial charge in [0.15, 0.2) is 0 Å². The zero-order valence-corrected chi connectivity index (χ0v) is 11.1. The first-order valence-electron chi connectivity index (χ1n) is 6.00. The monoisotopic (exact) mass is 268 g/mol. The second-order valence-corrected chi connectivity index (χ2v) is 4.86. The largest absolute Gasteiger partial charge is 0.370 e. The number of carbonyl (C=O) groups excluding carboxylic acids is 1. The van der Waals surface area contributed by atoms with Gasteiger partial charge in [-0.15, -0.1) is 0 Å². The number of halogens is 1. The molecular weight excluding hydrogens is 252 g/mol. The first kappa shape index (κ1) is 13.3. The molecule has 18 heavy (non-hydrogen) atoms. The van der Waals surface area contributed by atoms with Gasteiger partial charge < -0.3 is 15.4 Å². The van der Waals surface area contributed by atoms with Crippen molar-refractivity contribution < 1.29 is 9.53 Å². The molecule has 0 bridgehead atoms. The molecule has 1 amide bonds. The Morgan fingerprint density at radius 2 is 2.28 bits per heavy atom. The third-order valence-electron chi connectivity index (χ3n) is 3.02. The highest BCUT2D eigenvalue weighted by Crippen LogP contribution is 2.28. The molecule has 1 heterocycles. The fourth-order valence-corrected chi connectivity index (χ4v) is 2.32. The van der Waals surface area contributed by atoms with Gasteiger partial charge in [-0.2, -0.15) is 0 Å². The number of benzene rings is 1. The first-order chi connectivity index (χ1) is 8.59. The summed E-state index contributed by atoms with van der Waals surface area (Å²) in [6.07, 6.45) is -0.171. The second kappa shape index (κ2) is 5.69. The molecule has 1 aromatic carbocycles. The Hall–Kier alpha value is -1.10. The fourth-order valence-electron chi connectivity index (χ4n) is 2.06. The van der Waals surface area contributed by atoms with E-state index in [-0.39, 0.29) is 12.0 Å². The summed E-state index contributed by atoms with van der Waals surface area (Å²) >= 11 is 6.14. The molecule has 5 heteroatoms. The molecule has 0 unspecified atom stereocenters. The van der Waals surface area contributed by atoms with Gasteiger partial charge in [0.2, 0.25) is 5.91 Å². The lowest BCUT2D eigenvalue weighted by molar-refractivity contribution is -0.140. The van der Waals surface area contributed by atoms with Crippen LogP contribution in [0.15, 0.2) is 24.3 Å². The number of morpholine rings is 1. The summed E-state index contributed by atoms with van der Waals surface area (Å²) in [6, 6.07) is 7.06. The van der Waals surface area contributed by atoms with Gasteiger partial charge in [0.1, 0.15) is 6.10 Å². The number of amides is 1. The number of nitrogens with two attached hydrogens (primary N) is 1. The van der Waals surface area contributed by atoms with Crippen LogP contribution in [0.2, 0.25) is 5.02 Å². The summed E-state index contributed by atoms with van der Waals surface area (Å²) in [6.45, 7) is 3.29. The van der Waals surface area contributed by atoms with Gasteiger partial charge in [0.25, 0.3) is 0 Å². The van der Waals surface area contributed by atoms with Crippen LogP contribution in [0.5, 0.6) is 0 Å². The quantitative estimate of drug-likeness (QED) is 0.886. The third-order valence-corrected chi connectivity index (χ3v) is 3.36. The Kier molecular flexibility index (Phi) is 4.22. The zero-order valence-electron chi connectivity index (χ0n) is 10.3. The summed E-state index contributed by atoms with van der Waals surface area (Å²) < 4.78 is 5.69. The van der Waals surface area contributed by atoms with Crippen molar-refractivity contribution in [1.29, 1.82) is 0 Å². The molecule has 1 aliphatic heterocycles. The summed E-state index contributed by atoms with van der Waals surface area (Å²) in [5, 5.41) is 0.664. The minimum Gasteiger partial charge on any atom is -0.370 e. The Bertz CT molecular complexity index is 437. The van der Waals surface area contributed by atoms with Crippen LogP contribution in [-0.2, 0) is 9.53 Å². The molecule has 2 atom stereocenters. The molecule has 1 aliphatic rings. The average Bonchev–Trinajstić information content (AvgIpc) is 2.38. The van der Waals surface area contributed by atoms with E-state index in [2.05, 4.69) is 0 Å². The van der Waals surface area contributed by atoms with E-state index < -0.39 is 6.04 Å². The number of rotatable bonds is 2. The Balaban J connectivity index is 2.12. The highest BCUT2D eigenvalue weighted by Gasteiger charge is 2.27. The summed E-state index contributed by atoms with van der Waals surface area (Å²) in [5.74, 6) is -0.0460. The van der Waals surface area contributed by atoms with Gasteiger partial charge in [-0.05, 0) is 13.0 Å². The SMILES string of the molecule is C[C@@H](N)C(=O)N1CCO[C@@H](c2ccccc2Cl)C1. The number of nitrogens with zero attached hydrogens (tertiary/aromatic N) is 1. The van der Waals surface area contributed by atoms with Gasteiger partial charge in [0.05, 0.1) is 19.2 Å². The molecule has 1 saturated heterocycles. The van der Waals surface area contributed by atoms with Gasteiger partial charge in [-0.25, -0.2) is 0 Å². The van der Waals surface area contributed by atoms with Crippen LogP contribution in [-0.4, -0.2) is 36.5 Å². The number of ether oxygens (including phenoxy) is 1. The molecule has 0 spiro atoms. The second-order valence-electron chi connectivity index (χ2n) is 4.45. The summed E-state index contributed by atoms with van der Waals surface area (Å²) in [4.78, 5) is 13.6. The normalized spacial score (nSPS) is 21.7. The van der Waals surface area contributed by atoms with Crippen LogP contribution >= 0.6 is 11.6 Å². The number of carbonyl (C=O) groups is 1. The van der Waals surface area contributed by atoms with E-state index >= 15 is 0 Å². The van der Waals surface area contributed by atoms with Gasteiger partial charge in [0, 0.05) is 17.1 Å². The minimum atomic E-state index is -0.477. The van der Waals surface area contributed by atoms with Crippen molar-refractivity contribution in [2.75, 3.05) is 19.7 Å². The fraction of sp³-hybridized carbons (Fsp3) is 0.462. The van der Waals surface area contributed by atoms with Crippen molar-refractivity contribution in [3.05, 3.63) is 34.9 Å². The van der Waals surface area contributed by atoms with Crippen molar-refractivity contribution >= 4 is 17.5 Å². The topological polar surface area (TPSA) is 55.6 Å². The lowest BCUT2D eigenvalue weighted by Gasteiger charge is -2.34. The van der Waals surface area contributed by atoms with E-state index in [1.54, 1.807) is 11.8 Å². The molecule has 98 valence electrons. The summed E-state index contributed by atoms with van der Waals surface area (Å²) in [7, 11) is 0. The number of hydrogen-bond acceptors (Lipinski definition) is 3. The smallest absolute Gasteiger partial charge is 0.239 e. The van der Waals surface area contributed by atoms with Crippen LogP contribution in [0.3, 0.4) is 0 Å². The Morgan fingerprint density at radius 1 is 1.56 bits per heavy atom. The molecule has 4 nitrogen and oxygen atoms in total. The van der Waals surface area contributed by atoms with Crippen molar-refractivity contribution in [3.63, 3.8) is 0 Å². The highest BCUT2D eigenvalue weighted by molar-refractivity contribution is 6.31. The Labute approximate surface area is 112 Å². The van der Waals surface area contributed by atoms with E-state index in [1.165, 1.54) is 0 Å².